The van der Waals surface area contributed by atoms with E-state index in [1.807, 2.05) is 0 Å². The third kappa shape index (κ3) is 1.88. The maximum atomic E-state index is 12.4. The van der Waals surface area contributed by atoms with E-state index < -0.39 is 54.5 Å². The topological polar surface area (TPSA) is 34.1 Å². The molecule has 0 N–H and O–H groups in total. The lowest BCUT2D eigenvalue weighted by atomic mass is 10.3. The molecule has 22 heavy (non-hydrogen) atoms. The summed E-state index contributed by atoms with van der Waals surface area (Å²) in [4.78, 5) is 0. The molecule has 132 valence electrons. The second-order valence-electron chi connectivity index (χ2n) is 3.76. The van der Waals surface area contributed by atoms with Gasteiger partial charge in [0.2, 0.25) is 0 Å². The van der Waals surface area contributed by atoms with E-state index in [1.54, 1.807) is 0 Å². The minimum Gasteiger partial charge on any atom is -0.255 e. The van der Waals surface area contributed by atoms with Gasteiger partial charge in [-0.25, -0.2) is 0 Å². The molecule has 0 aliphatic carbocycles. The van der Waals surface area contributed by atoms with E-state index in [0.717, 1.165) is 0 Å². The van der Waals surface area contributed by atoms with Gasteiger partial charge in [-0.15, -0.1) is 0 Å². The Bertz CT molecular complexity index is 430. The van der Waals surface area contributed by atoms with Gasteiger partial charge in [-0.2, -0.15) is 52.7 Å². The average molecular weight is 396 g/mol. The van der Waals surface area contributed by atoms with Crippen LogP contribution in [0.2, 0.25) is 0 Å². The van der Waals surface area contributed by atoms with E-state index in [1.165, 1.54) is 0 Å². The molecule has 0 radical (unpaired) electrons. The van der Waals surface area contributed by atoms with Crippen LogP contribution in [0.5, 0.6) is 0 Å². The summed E-state index contributed by atoms with van der Waals surface area (Å²) in [6.45, 7) is 0. The maximum absolute atomic E-state index is 12.4. The Hall–Kier alpha value is -0.540. The smallest absolute Gasteiger partial charge is 0.255 e. The van der Waals surface area contributed by atoms with Crippen molar-refractivity contribution in [3.05, 3.63) is 0 Å². The van der Waals surface area contributed by atoms with Gasteiger partial charge in [0, 0.05) is 0 Å². The van der Waals surface area contributed by atoms with Gasteiger partial charge in [0.25, 0.3) is 0 Å². The van der Waals surface area contributed by atoms with Crippen LogP contribution in [0.15, 0.2) is 0 Å². The lowest BCUT2D eigenvalue weighted by Gasteiger charge is -2.53. The van der Waals surface area contributed by atoms with Crippen molar-refractivity contribution in [3.63, 3.8) is 0 Å². The fourth-order valence-electron chi connectivity index (χ4n) is 1.67. The Morgan fingerprint density at radius 3 is 0.682 bits per heavy atom. The summed E-state index contributed by atoms with van der Waals surface area (Å²) in [6.07, 6.45) is -27.7. The van der Waals surface area contributed by atoms with Gasteiger partial charge in [-0.05, 0) is 0 Å². The Balaban J connectivity index is 3.80. The highest BCUT2D eigenvalue weighted by Gasteiger charge is 3.01. The Morgan fingerprint density at radius 2 is 0.591 bits per heavy atom. The molecule has 0 aromatic rings. The molecule has 1 saturated heterocycles. The Labute approximate surface area is 116 Å². The largest absolute Gasteiger partial charge is 0.426 e. The number of halogens is 12. The van der Waals surface area contributed by atoms with Gasteiger partial charge in [-0.1, -0.05) is 0 Å². The summed E-state index contributed by atoms with van der Waals surface area (Å²) in [7, 11) is -11.4. The van der Waals surface area contributed by atoms with E-state index in [4.69, 9.17) is 0 Å². The third-order valence-corrected chi connectivity index (χ3v) is 8.29. The van der Waals surface area contributed by atoms with E-state index in [0.29, 0.717) is 0 Å². The molecule has 0 atom stereocenters. The minimum absolute atomic E-state index is 5.69. The van der Waals surface area contributed by atoms with Crippen LogP contribution in [0.3, 0.4) is 0 Å². The van der Waals surface area contributed by atoms with Crippen LogP contribution in [-0.2, 0) is 21.6 Å². The first-order chi connectivity index (χ1) is 9.31. The van der Waals surface area contributed by atoms with Crippen molar-refractivity contribution < 1.29 is 61.1 Å². The molecule has 16 heteroatoms. The summed E-state index contributed by atoms with van der Waals surface area (Å²) >= 11 is 0. The van der Waals surface area contributed by atoms with Crippen molar-refractivity contribution in [1.29, 1.82) is 0 Å². The van der Waals surface area contributed by atoms with Crippen LogP contribution in [-0.4, -0.2) is 41.3 Å². The molecular formula is C6F12O2S2. The summed E-state index contributed by atoms with van der Waals surface area (Å²) in [5.41, 5.74) is 0. The van der Waals surface area contributed by atoms with Crippen LogP contribution in [0.1, 0.15) is 0 Å². The van der Waals surface area contributed by atoms with E-state index >= 15 is 0 Å². The van der Waals surface area contributed by atoms with Crippen molar-refractivity contribution in [1.82, 2.24) is 0 Å². The van der Waals surface area contributed by atoms with E-state index in [2.05, 4.69) is 0 Å². The second kappa shape index (κ2) is 4.51. The molecule has 2 nitrogen and oxygen atoms in total. The van der Waals surface area contributed by atoms with Crippen LogP contribution in [0, 0.1) is 0 Å². The van der Waals surface area contributed by atoms with Crippen LogP contribution in [0.25, 0.3) is 0 Å². The number of alkyl halides is 12. The fourth-order valence-corrected chi connectivity index (χ4v) is 6.19. The Kier molecular flexibility index (Phi) is 4.00. The molecule has 0 aromatic carbocycles. The summed E-state index contributed by atoms with van der Waals surface area (Å²) in [5, 5.41) is 0. The molecule has 0 aromatic heterocycles. The lowest BCUT2D eigenvalue weighted by Crippen LogP contribution is -2.86. The van der Waals surface area contributed by atoms with Crippen molar-refractivity contribution in [2.75, 3.05) is 0 Å². The number of rotatable bonds is 0. The molecule has 1 rings (SSSR count). The van der Waals surface area contributed by atoms with Gasteiger partial charge in [0.15, 0.2) is 0 Å². The summed E-state index contributed by atoms with van der Waals surface area (Å²) in [6, 6.07) is 0. The molecule has 0 saturated carbocycles. The molecule has 1 heterocycles. The van der Waals surface area contributed by atoms with E-state index in [9.17, 15) is 61.1 Å². The standard InChI is InChI=1S/C6F12O2S2/c7-3(8,9)1(4(10,11)12)21(19)2(22(1)20,5(13,14)15)6(16,17)18. The molecular weight excluding hydrogens is 396 g/mol. The van der Waals surface area contributed by atoms with Crippen molar-refractivity contribution in [2.45, 2.75) is 32.9 Å². The van der Waals surface area contributed by atoms with Gasteiger partial charge in [0.05, 0.1) is 21.6 Å². The highest BCUT2D eigenvalue weighted by molar-refractivity contribution is 8.22. The molecule has 1 fully saturated rings. The zero-order valence-corrected chi connectivity index (χ0v) is 10.8. The highest BCUT2D eigenvalue weighted by Crippen LogP contribution is 2.69. The van der Waals surface area contributed by atoms with Crippen molar-refractivity contribution >= 4 is 21.6 Å². The monoisotopic (exact) mass is 396 g/mol. The van der Waals surface area contributed by atoms with E-state index in [-0.39, 0.29) is 0 Å². The minimum atomic E-state index is -6.92. The zero-order valence-electron chi connectivity index (χ0n) is 9.17. The van der Waals surface area contributed by atoms with Crippen molar-refractivity contribution in [2.24, 2.45) is 0 Å². The predicted molar refractivity (Wildman–Crippen MR) is 46.0 cm³/mol. The van der Waals surface area contributed by atoms with Crippen LogP contribution in [0.4, 0.5) is 52.7 Å². The zero-order chi connectivity index (χ0) is 18.2. The highest BCUT2D eigenvalue weighted by atomic mass is 32.3. The maximum Gasteiger partial charge on any atom is 0.426 e. The lowest BCUT2D eigenvalue weighted by molar-refractivity contribution is -0.264. The first-order valence-corrected chi connectivity index (χ1v) is 6.72. The normalized spacial score (nSPS) is 29.1. The predicted octanol–water partition coefficient (Wildman–Crippen LogP) is 3.14. The molecule has 1 aliphatic rings. The quantitative estimate of drug-likeness (QED) is 0.590. The number of hydrogen-bond acceptors (Lipinski definition) is 2. The van der Waals surface area contributed by atoms with Gasteiger partial charge in [0.1, 0.15) is 0 Å². The molecule has 0 bridgehead atoms. The molecule has 0 amide bonds. The molecule has 0 unspecified atom stereocenters. The summed E-state index contributed by atoms with van der Waals surface area (Å²) < 4.78 is 159. The van der Waals surface area contributed by atoms with Gasteiger partial charge < -0.3 is 0 Å². The van der Waals surface area contributed by atoms with Crippen LogP contribution < -0.4 is 0 Å². The average Bonchev–Trinajstić information content (AvgIpc) is 2.07. The molecule has 1 aliphatic heterocycles. The Morgan fingerprint density at radius 1 is 0.455 bits per heavy atom. The first kappa shape index (κ1) is 19.5. The van der Waals surface area contributed by atoms with Gasteiger partial charge in [-0.3, -0.25) is 8.42 Å². The van der Waals surface area contributed by atoms with Crippen LogP contribution >= 0.6 is 0 Å². The first-order valence-electron chi connectivity index (χ1n) is 4.42. The second-order valence-corrected chi connectivity index (χ2v) is 7.80. The van der Waals surface area contributed by atoms with Gasteiger partial charge >= 0.3 is 32.9 Å². The fraction of sp³-hybridized carbons (Fsp3) is 1.00. The summed E-state index contributed by atoms with van der Waals surface area (Å²) in [5.74, 6) is 0. The van der Waals surface area contributed by atoms with Crippen molar-refractivity contribution in [3.8, 4) is 0 Å². The third-order valence-electron chi connectivity index (χ3n) is 2.54. The molecule has 0 spiro atoms. The SMILES string of the molecule is O=S1C(C(F)(F)F)(C(F)(F)F)S(=O)C1(C(F)(F)F)C(F)(F)F. The number of hydrogen-bond donors (Lipinski definition) is 0.